The van der Waals surface area contributed by atoms with E-state index < -0.39 is 10.9 Å². The van der Waals surface area contributed by atoms with Gasteiger partial charge in [0.15, 0.2) is 0 Å². The Morgan fingerprint density at radius 3 is 2.86 bits per heavy atom. The standard InChI is InChI=1S/C13H15N5O4/c1-9-11(13(19)22-2)3-4-12(16-9)14-5-6-17-8-10(7-15-17)18(20)21/h3-4,7-8H,5-6H2,1-2H3,(H,14,16). The van der Waals surface area contributed by atoms with Crippen LogP contribution in [0.4, 0.5) is 11.5 Å². The molecule has 0 radical (unpaired) electrons. The summed E-state index contributed by atoms with van der Waals surface area (Å²) < 4.78 is 6.12. The van der Waals surface area contributed by atoms with Gasteiger partial charge in [-0.25, -0.2) is 9.78 Å². The molecule has 0 saturated carbocycles. The number of nitro groups is 1. The summed E-state index contributed by atoms with van der Waals surface area (Å²) >= 11 is 0. The van der Waals surface area contributed by atoms with Crippen LogP contribution in [0, 0.1) is 17.0 Å². The minimum atomic E-state index is -0.493. The second-order valence-electron chi connectivity index (χ2n) is 4.47. The van der Waals surface area contributed by atoms with Crippen molar-refractivity contribution in [1.82, 2.24) is 14.8 Å². The number of esters is 1. The summed E-state index contributed by atoms with van der Waals surface area (Å²) in [6.45, 7) is 2.66. The maximum atomic E-state index is 11.5. The van der Waals surface area contributed by atoms with E-state index in [1.54, 1.807) is 19.1 Å². The van der Waals surface area contributed by atoms with Crippen molar-refractivity contribution >= 4 is 17.5 Å². The van der Waals surface area contributed by atoms with Crippen molar-refractivity contribution < 1.29 is 14.5 Å². The van der Waals surface area contributed by atoms with Crippen LogP contribution in [0.25, 0.3) is 0 Å². The summed E-state index contributed by atoms with van der Waals surface area (Å²) in [5.74, 6) is 0.173. The fourth-order valence-corrected chi connectivity index (χ4v) is 1.85. The van der Waals surface area contributed by atoms with Crippen LogP contribution in [-0.2, 0) is 11.3 Å². The number of hydrogen-bond donors (Lipinski definition) is 1. The van der Waals surface area contributed by atoms with Crippen LogP contribution in [0.15, 0.2) is 24.5 Å². The van der Waals surface area contributed by atoms with Gasteiger partial charge in [-0.15, -0.1) is 0 Å². The van der Waals surface area contributed by atoms with Gasteiger partial charge >= 0.3 is 11.7 Å². The normalized spacial score (nSPS) is 10.3. The average molecular weight is 305 g/mol. The highest BCUT2D eigenvalue weighted by molar-refractivity contribution is 5.90. The molecule has 2 rings (SSSR count). The van der Waals surface area contributed by atoms with Crippen molar-refractivity contribution in [2.45, 2.75) is 13.5 Å². The first-order valence-corrected chi connectivity index (χ1v) is 6.48. The minimum Gasteiger partial charge on any atom is -0.465 e. The second-order valence-corrected chi connectivity index (χ2v) is 4.47. The molecule has 0 amide bonds. The quantitative estimate of drug-likeness (QED) is 0.487. The Bertz CT molecular complexity index is 697. The molecule has 0 spiro atoms. The van der Waals surface area contributed by atoms with E-state index in [-0.39, 0.29) is 5.69 Å². The Hall–Kier alpha value is -2.97. The van der Waals surface area contributed by atoms with Crippen LogP contribution in [0.2, 0.25) is 0 Å². The lowest BCUT2D eigenvalue weighted by atomic mass is 10.2. The van der Waals surface area contributed by atoms with Crippen LogP contribution in [0.1, 0.15) is 16.1 Å². The van der Waals surface area contributed by atoms with Crippen molar-refractivity contribution in [3.8, 4) is 0 Å². The average Bonchev–Trinajstić information content (AvgIpc) is 2.96. The molecule has 2 heterocycles. The van der Waals surface area contributed by atoms with Gasteiger partial charge in [-0.3, -0.25) is 14.8 Å². The molecule has 0 aliphatic heterocycles. The maximum absolute atomic E-state index is 11.5. The first-order valence-electron chi connectivity index (χ1n) is 6.48. The third kappa shape index (κ3) is 3.57. The molecule has 116 valence electrons. The Labute approximate surface area is 126 Å². The van der Waals surface area contributed by atoms with Crippen molar-refractivity contribution in [2.75, 3.05) is 19.0 Å². The van der Waals surface area contributed by atoms with Gasteiger partial charge < -0.3 is 10.1 Å². The fourth-order valence-electron chi connectivity index (χ4n) is 1.85. The van der Waals surface area contributed by atoms with Crippen molar-refractivity contribution in [2.24, 2.45) is 0 Å². The number of nitrogens with zero attached hydrogens (tertiary/aromatic N) is 4. The van der Waals surface area contributed by atoms with Gasteiger partial charge in [0.2, 0.25) is 0 Å². The van der Waals surface area contributed by atoms with Crippen LogP contribution < -0.4 is 5.32 Å². The Morgan fingerprint density at radius 1 is 1.50 bits per heavy atom. The van der Waals surface area contributed by atoms with Crippen molar-refractivity contribution in [3.05, 3.63) is 45.9 Å². The van der Waals surface area contributed by atoms with E-state index in [1.165, 1.54) is 24.2 Å². The maximum Gasteiger partial charge on any atom is 0.339 e. The molecule has 0 unspecified atom stereocenters. The molecule has 0 aromatic carbocycles. The van der Waals surface area contributed by atoms with Gasteiger partial charge in [-0.2, -0.15) is 5.10 Å². The topological polar surface area (TPSA) is 112 Å². The molecule has 1 N–H and O–H groups in total. The molecule has 9 heteroatoms. The Balaban J connectivity index is 1.92. The predicted molar refractivity (Wildman–Crippen MR) is 77.7 cm³/mol. The molecule has 0 saturated heterocycles. The molecular formula is C13H15N5O4. The summed E-state index contributed by atoms with van der Waals surface area (Å²) in [5.41, 5.74) is 0.929. The van der Waals surface area contributed by atoms with Crippen LogP contribution in [0.5, 0.6) is 0 Å². The van der Waals surface area contributed by atoms with Crippen LogP contribution in [0.3, 0.4) is 0 Å². The molecule has 0 aliphatic rings. The first-order chi connectivity index (χ1) is 10.5. The number of ether oxygens (including phenoxy) is 1. The minimum absolute atomic E-state index is 0.0450. The summed E-state index contributed by atoms with van der Waals surface area (Å²) in [7, 11) is 1.32. The lowest BCUT2D eigenvalue weighted by Crippen LogP contribution is -2.13. The number of anilines is 1. The van der Waals surface area contributed by atoms with Crippen LogP contribution >= 0.6 is 0 Å². The van der Waals surface area contributed by atoms with E-state index in [4.69, 9.17) is 0 Å². The van der Waals surface area contributed by atoms with E-state index in [0.717, 1.165) is 0 Å². The molecule has 0 fully saturated rings. The number of carbonyl (C=O) groups is 1. The number of pyridine rings is 1. The van der Waals surface area contributed by atoms with Gasteiger partial charge in [0.25, 0.3) is 0 Å². The molecule has 0 atom stereocenters. The summed E-state index contributed by atoms with van der Waals surface area (Å²) in [6, 6.07) is 3.31. The monoisotopic (exact) mass is 305 g/mol. The second kappa shape index (κ2) is 6.66. The number of rotatable bonds is 6. The van der Waals surface area contributed by atoms with E-state index in [2.05, 4.69) is 20.1 Å². The van der Waals surface area contributed by atoms with Gasteiger partial charge in [0, 0.05) is 6.54 Å². The number of nitrogens with one attached hydrogen (secondary N) is 1. The predicted octanol–water partition coefficient (Wildman–Crippen LogP) is 1.39. The highest BCUT2D eigenvalue weighted by Crippen LogP contribution is 2.12. The summed E-state index contributed by atoms with van der Waals surface area (Å²) in [5, 5.41) is 17.5. The zero-order valence-electron chi connectivity index (χ0n) is 12.1. The molecule has 2 aromatic rings. The molecule has 2 aromatic heterocycles. The third-order valence-corrected chi connectivity index (χ3v) is 2.97. The summed E-state index contributed by atoms with van der Waals surface area (Å²) in [4.78, 5) is 25.8. The number of methoxy groups -OCH3 is 1. The largest absolute Gasteiger partial charge is 0.465 e. The lowest BCUT2D eigenvalue weighted by molar-refractivity contribution is -0.385. The molecular weight excluding hydrogens is 290 g/mol. The Morgan fingerprint density at radius 2 is 2.27 bits per heavy atom. The van der Waals surface area contributed by atoms with E-state index in [9.17, 15) is 14.9 Å². The fraction of sp³-hybridized carbons (Fsp3) is 0.308. The van der Waals surface area contributed by atoms with E-state index in [1.807, 2.05) is 0 Å². The smallest absolute Gasteiger partial charge is 0.339 e. The highest BCUT2D eigenvalue weighted by Gasteiger charge is 2.11. The molecule has 0 aliphatic carbocycles. The molecule has 22 heavy (non-hydrogen) atoms. The Kier molecular flexibility index (Phi) is 4.66. The molecule has 0 bridgehead atoms. The van der Waals surface area contributed by atoms with Gasteiger partial charge in [0.05, 0.1) is 29.8 Å². The van der Waals surface area contributed by atoms with Crippen molar-refractivity contribution in [3.63, 3.8) is 0 Å². The van der Waals surface area contributed by atoms with Crippen LogP contribution in [-0.4, -0.2) is 39.3 Å². The summed E-state index contributed by atoms with van der Waals surface area (Å²) in [6.07, 6.45) is 2.56. The highest BCUT2D eigenvalue weighted by atomic mass is 16.6. The van der Waals surface area contributed by atoms with E-state index in [0.29, 0.717) is 30.2 Å². The third-order valence-electron chi connectivity index (χ3n) is 2.97. The zero-order chi connectivity index (χ0) is 16.1. The number of carbonyl (C=O) groups excluding carboxylic acids is 1. The SMILES string of the molecule is COC(=O)c1ccc(NCCn2cc([N+](=O)[O-])cn2)nc1C. The van der Waals surface area contributed by atoms with Gasteiger partial charge in [-0.1, -0.05) is 0 Å². The number of aromatic nitrogens is 3. The van der Waals surface area contributed by atoms with E-state index >= 15 is 0 Å². The van der Waals surface area contributed by atoms with Crippen molar-refractivity contribution in [1.29, 1.82) is 0 Å². The van der Waals surface area contributed by atoms with Gasteiger partial charge in [0.1, 0.15) is 18.2 Å². The zero-order valence-corrected chi connectivity index (χ0v) is 12.1. The number of hydrogen-bond acceptors (Lipinski definition) is 7. The van der Waals surface area contributed by atoms with Gasteiger partial charge in [-0.05, 0) is 19.1 Å². The lowest BCUT2D eigenvalue weighted by Gasteiger charge is -2.08. The first kappa shape index (κ1) is 15.4. The molecule has 9 nitrogen and oxygen atoms in total. The number of aryl methyl sites for hydroxylation is 1.